The summed E-state index contributed by atoms with van der Waals surface area (Å²) in [4.78, 5) is 22.0. The second-order valence-electron chi connectivity index (χ2n) is 5.65. The van der Waals surface area contributed by atoms with Crippen molar-refractivity contribution < 1.29 is 9.90 Å². The van der Waals surface area contributed by atoms with E-state index in [2.05, 4.69) is 9.97 Å². The highest BCUT2D eigenvalue weighted by Gasteiger charge is 2.20. The Kier molecular flexibility index (Phi) is 3.71. The zero-order chi connectivity index (χ0) is 17.2. The van der Waals surface area contributed by atoms with Crippen LogP contribution in [0.15, 0.2) is 79.0 Å². The third-order valence-corrected chi connectivity index (χ3v) is 4.03. The van der Waals surface area contributed by atoms with Crippen molar-refractivity contribution in [2.75, 3.05) is 0 Å². The van der Waals surface area contributed by atoms with Gasteiger partial charge in [-0.2, -0.15) is 0 Å². The number of fused-ring (bicyclic) bond motifs is 1. The van der Waals surface area contributed by atoms with Gasteiger partial charge in [-0.15, -0.1) is 0 Å². The second kappa shape index (κ2) is 6.17. The van der Waals surface area contributed by atoms with E-state index in [0.717, 1.165) is 10.9 Å². The molecule has 2 heterocycles. The van der Waals surface area contributed by atoms with Gasteiger partial charge in [0.15, 0.2) is 11.4 Å². The van der Waals surface area contributed by atoms with Crippen LogP contribution < -0.4 is 0 Å². The van der Waals surface area contributed by atoms with Gasteiger partial charge in [-0.3, -0.25) is 4.79 Å². The zero-order valence-corrected chi connectivity index (χ0v) is 13.3. The molecular weight excluding hydrogens is 312 g/mol. The van der Waals surface area contributed by atoms with E-state index in [1.165, 1.54) is 6.07 Å². The number of carbonyl (C=O) groups excluding carboxylic acids is 1. The molecule has 0 aliphatic heterocycles. The number of phenolic OH excluding ortho intramolecular Hbond substituents is 1. The lowest BCUT2D eigenvalue weighted by atomic mass is 9.96. The molecule has 0 spiro atoms. The number of carbonyl (C=O) groups is 1. The summed E-state index contributed by atoms with van der Waals surface area (Å²) in [5, 5.41) is 10.8. The molecule has 1 N–H and O–H groups in total. The van der Waals surface area contributed by atoms with E-state index in [1.807, 2.05) is 36.4 Å². The summed E-state index contributed by atoms with van der Waals surface area (Å²) in [6, 6.07) is 21.5. The van der Waals surface area contributed by atoms with Crippen LogP contribution in [0.25, 0.3) is 22.3 Å². The van der Waals surface area contributed by atoms with Crippen molar-refractivity contribution in [3.63, 3.8) is 0 Å². The third kappa shape index (κ3) is 2.74. The minimum absolute atomic E-state index is 0.0437. The van der Waals surface area contributed by atoms with Crippen LogP contribution in [0.3, 0.4) is 0 Å². The summed E-state index contributed by atoms with van der Waals surface area (Å²) in [7, 11) is 0. The quantitative estimate of drug-likeness (QED) is 0.572. The summed E-state index contributed by atoms with van der Waals surface area (Å²) in [6.45, 7) is 0. The van der Waals surface area contributed by atoms with Crippen LogP contribution in [0, 0.1) is 0 Å². The van der Waals surface area contributed by atoms with Gasteiger partial charge in [-0.1, -0.05) is 42.5 Å². The van der Waals surface area contributed by atoms with Crippen LogP contribution in [0.1, 0.15) is 15.9 Å². The topological polar surface area (TPSA) is 63.1 Å². The van der Waals surface area contributed by atoms with Crippen LogP contribution in [0.5, 0.6) is 5.75 Å². The smallest absolute Gasteiger partial charge is 0.198 e. The number of nitrogens with zero attached hydrogens (tertiary/aromatic N) is 2. The van der Waals surface area contributed by atoms with Crippen LogP contribution in [0.2, 0.25) is 0 Å². The molecule has 0 aliphatic carbocycles. The highest BCUT2D eigenvalue weighted by atomic mass is 16.3. The predicted molar refractivity (Wildman–Crippen MR) is 96.5 cm³/mol. The Bertz CT molecular complexity index is 1080. The Morgan fingerprint density at radius 1 is 0.840 bits per heavy atom. The number of aromatic nitrogens is 2. The fourth-order valence-corrected chi connectivity index (χ4v) is 2.81. The summed E-state index contributed by atoms with van der Waals surface area (Å²) >= 11 is 0. The molecule has 0 saturated heterocycles. The Labute approximate surface area is 144 Å². The number of rotatable bonds is 3. The highest BCUT2D eigenvalue weighted by molar-refractivity contribution is 6.15. The SMILES string of the molecule is O=C(c1ccccc1O)c1cc2cccnc2nc1-c1ccccc1. The monoisotopic (exact) mass is 326 g/mol. The van der Waals surface area contributed by atoms with E-state index in [9.17, 15) is 9.90 Å². The standard InChI is InChI=1S/C21H14N2O2/c24-18-11-5-4-10-16(18)20(25)17-13-15-9-6-12-22-21(15)23-19(17)14-7-2-1-3-8-14/h1-13,24H. The van der Waals surface area contributed by atoms with E-state index in [0.29, 0.717) is 16.9 Å². The molecule has 25 heavy (non-hydrogen) atoms. The van der Waals surface area contributed by atoms with E-state index >= 15 is 0 Å². The average molecular weight is 326 g/mol. The lowest BCUT2D eigenvalue weighted by molar-refractivity contribution is 0.103. The third-order valence-electron chi connectivity index (χ3n) is 4.03. The first kappa shape index (κ1) is 15.0. The maximum atomic E-state index is 13.1. The average Bonchev–Trinajstić information content (AvgIpc) is 2.67. The van der Waals surface area contributed by atoms with E-state index < -0.39 is 0 Å². The molecule has 120 valence electrons. The number of ketones is 1. The van der Waals surface area contributed by atoms with E-state index in [-0.39, 0.29) is 17.1 Å². The lowest BCUT2D eigenvalue weighted by Crippen LogP contribution is -2.06. The van der Waals surface area contributed by atoms with Crippen LogP contribution in [-0.4, -0.2) is 20.9 Å². The molecule has 4 aromatic rings. The summed E-state index contributed by atoms with van der Waals surface area (Å²) in [5.74, 6) is -0.312. The van der Waals surface area contributed by atoms with Crippen LogP contribution in [-0.2, 0) is 0 Å². The van der Waals surface area contributed by atoms with Gasteiger partial charge in [-0.25, -0.2) is 9.97 Å². The van der Waals surface area contributed by atoms with Gasteiger partial charge in [0.1, 0.15) is 5.75 Å². The van der Waals surface area contributed by atoms with Crippen LogP contribution in [0.4, 0.5) is 0 Å². The zero-order valence-electron chi connectivity index (χ0n) is 13.3. The van der Waals surface area contributed by atoms with Crippen molar-refractivity contribution in [2.24, 2.45) is 0 Å². The molecule has 0 aliphatic rings. The molecule has 0 fully saturated rings. The summed E-state index contributed by atoms with van der Waals surface area (Å²) in [6.07, 6.45) is 1.68. The van der Waals surface area contributed by atoms with E-state index in [4.69, 9.17) is 0 Å². The first-order valence-electron chi connectivity index (χ1n) is 7.88. The largest absolute Gasteiger partial charge is 0.507 e. The summed E-state index contributed by atoms with van der Waals surface area (Å²) < 4.78 is 0. The van der Waals surface area contributed by atoms with Crippen molar-refractivity contribution >= 4 is 16.8 Å². The minimum atomic E-state index is -0.268. The minimum Gasteiger partial charge on any atom is -0.507 e. The molecule has 0 unspecified atom stereocenters. The normalized spacial score (nSPS) is 10.7. The highest BCUT2D eigenvalue weighted by Crippen LogP contribution is 2.29. The predicted octanol–water partition coefficient (Wildman–Crippen LogP) is 4.23. The maximum Gasteiger partial charge on any atom is 0.198 e. The molecule has 4 heteroatoms. The van der Waals surface area contributed by atoms with Crippen molar-refractivity contribution in [1.82, 2.24) is 9.97 Å². The molecule has 4 nitrogen and oxygen atoms in total. The number of aromatic hydroxyl groups is 1. The van der Waals surface area contributed by atoms with Gasteiger partial charge >= 0.3 is 0 Å². The molecule has 4 rings (SSSR count). The Balaban J connectivity index is 1.98. The molecule has 0 radical (unpaired) electrons. The fourth-order valence-electron chi connectivity index (χ4n) is 2.81. The molecule has 0 atom stereocenters. The Morgan fingerprint density at radius 2 is 1.60 bits per heavy atom. The first-order valence-corrected chi connectivity index (χ1v) is 7.88. The van der Waals surface area contributed by atoms with Gasteiger partial charge in [-0.05, 0) is 30.3 Å². The molecule has 0 bridgehead atoms. The van der Waals surface area contributed by atoms with Gasteiger partial charge in [0.2, 0.25) is 0 Å². The number of benzene rings is 2. The first-order chi connectivity index (χ1) is 12.2. The van der Waals surface area contributed by atoms with Crippen molar-refractivity contribution in [3.8, 4) is 17.0 Å². The van der Waals surface area contributed by atoms with Crippen molar-refractivity contribution in [2.45, 2.75) is 0 Å². The number of para-hydroxylation sites is 1. The number of phenols is 1. The van der Waals surface area contributed by atoms with Gasteiger partial charge in [0.05, 0.1) is 11.3 Å². The fraction of sp³-hybridized carbons (Fsp3) is 0. The number of hydrogen-bond acceptors (Lipinski definition) is 4. The molecule has 2 aromatic carbocycles. The molecule has 0 saturated carbocycles. The second-order valence-corrected chi connectivity index (χ2v) is 5.65. The Hall–Kier alpha value is -3.53. The van der Waals surface area contributed by atoms with Gasteiger partial charge < -0.3 is 5.11 Å². The molecular formula is C21H14N2O2. The van der Waals surface area contributed by atoms with Gasteiger partial charge in [0, 0.05) is 22.7 Å². The van der Waals surface area contributed by atoms with Crippen LogP contribution >= 0.6 is 0 Å². The Morgan fingerprint density at radius 3 is 2.40 bits per heavy atom. The maximum absolute atomic E-state index is 13.1. The number of pyridine rings is 2. The van der Waals surface area contributed by atoms with Gasteiger partial charge in [0.25, 0.3) is 0 Å². The molecule has 0 amide bonds. The lowest BCUT2D eigenvalue weighted by Gasteiger charge is -2.11. The van der Waals surface area contributed by atoms with E-state index in [1.54, 1.807) is 36.5 Å². The van der Waals surface area contributed by atoms with Crippen molar-refractivity contribution in [1.29, 1.82) is 0 Å². The molecule has 2 aromatic heterocycles. The van der Waals surface area contributed by atoms with Crippen molar-refractivity contribution in [3.05, 3.63) is 90.1 Å². The number of hydrogen-bond donors (Lipinski definition) is 1. The summed E-state index contributed by atoms with van der Waals surface area (Å²) in [5.41, 5.74) is 2.65.